The maximum atomic E-state index is 11.8. The van der Waals surface area contributed by atoms with E-state index in [9.17, 15) is 4.79 Å². The first-order valence-corrected chi connectivity index (χ1v) is 6.31. The van der Waals surface area contributed by atoms with Crippen molar-refractivity contribution in [3.63, 3.8) is 0 Å². The lowest BCUT2D eigenvalue weighted by Crippen LogP contribution is -2.26. The Labute approximate surface area is 115 Å². The number of nitrogens with one attached hydrogen (secondary N) is 2. The molecule has 0 aliphatic rings. The van der Waals surface area contributed by atoms with Gasteiger partial charge in [-0.1, -0.05) is 12.1 Å². The van der Waals surface area contributed by atoms with E-state index in [2.05, 4.69) is 25.5 Å². The second kappa shape index (κ2) is 5.48. The molecule has 0 unspecified atom stereocenters. The lowest BCUT2D eigenvalue weighted by Gasteiger charge is -2.02. The molecule has 0 saturated heterocycles. The van der Waals surface area contributed by atoms with Crippen LogP contribution in [0.25, 0.3) is 11.0 Å². The Bertz CT molecular complexity index is 690. The molecule has 3 aromatic rings. The summed E-state index contributed by atoms with van der Waals surface area (Å²) in [6.45, 7) is 0.515. The van der Waals surface area contributed by atoms with Crippen molar-refractivity contribution in [1.29, 1.82) is 0 Å². The number of H-pyrrole nitrogens is 1. The van der Waals surface area contributed by atoms with Crippen molar-refractivity contribution in [2.45, 2.75) is 6.42 Å². The largest absolute Gasteiger partial charge is 0.352 e. The number of aromatic nitrogens is 4. The van der Waals surface area contributed by atoms with Gasteiger partial charge in [-0.2, -0.15) is 10.2 Å². The van der Waals surface area contributed by atoms with E-state index in [4.69, 9.17) is 0 Å². The molecule has 0 bridgehead atoms. The number of hydrogen-bond acceptors (Lipinski definition) is 4. The van der Waals surface area contributed by atoms with Gasteiger partial charge in [0.05, 0.1) is 29.0 Å². The molecule has 0 radical (unpaired) electrons. The molecule has 0 fully saturated rings. The van der Waals surface area contributed by atoms with E-state index >= 15 is 0 Å². The van der Waals surface area contributed by atoms with Gasteiger partial charge in [0.1, 0.15) is 5.82 Å². The van der Waals surface area contributed by atoms with Gasteiger partial charge in [0, 0.05) is 13.0 Å². The molecule has 2 heterocycles. The summed E-state index contributed by atoms with van der Waals surface area (Å²) in [5, 5.41) is 10.1. The Hall–Kier alpha value is -2.76. The molecule has 0 aliphatic carbocycles. The highest BCUT2D eigenvalue weighted by Gasteiger charge is 2.06. The summed E-state index contributed by atoms with van der Waals surface area (Å²) < 4.78 is 0. The van der Waals surface area contributed by atoms with Gasteiger partial charge < -0.3 is 10.3 Å². The highest BCUT2D eigenvalue weighted by molar-refractivity contribution is 5.93. The van der Waals surface area contributed by atoms with Gasteiger partial charge in [0.15, 0.2) is 0 Å². The highest BCUT2D eigenvalue weighted by atomic mass is 16.1. The average Bonchev–Trinajstić information content (AvgIpc) is 2.90. The minimum absolute atomic E-state index is 0.156. The van der Waals surface area contributed by atoms with Gasteiger partial charge in [-0.25, -0.2) is 4.98 Å². The van der Waals surface area contributed by atoms with Crippen LogP contribution in [0.2, 0.25) is 0 Å². The van der Waals surface area contributed by atoms with E-state index < -0.39 is 0 Å². The van der Waals surface area contributed by atoms with Crippen LogP contribution in [0.15, 0.2) is 42.7 Å². The first kappa shape index (κ1) is 12.3. The molecule has 2 N–H and O–H groups in total. The van der Waals surface area contributed by atoms with Crippen LogP contribution >= 0.6 is 0 Å². The number of carbonyl (C=O) groups is 1. The monoisotopic (exact) mass is 267 g/mol. The first-order chi connectivity index (χ1) is 9.83. The molecule has 100 valence electrons. The van der Waals surface area contributed by atoms with Crippen molar-refractivity contribution < 1.29 is 4.79 Å². The van der Waals surface area contributed by atoms with Gasteiger partial charge in [-0.3, -0.25) is 4.79 Å². The summed E-state index contributed by atoms with van der Waals surface area (Å²) in [5.74, 6) is 0.704. The topological polar surface area (TPSA) is 83.6 Å². The Morgan fingerprint density at radius 3 is 2.90 bits per heavy atom. The minimum atomic E-state index is -0.156. The number of amides is 1. The number of aromatic amines is 1. The third-order valence-corrected chi connectivity index (χ3v) is 2.93. The number of para-hydroxylation sites is 2. The fourth-order valence-corrected chi connectivity index (χ4v) is 1.95. The number of hydrogen-bond donors (Lipinski definition) is 2. The molecule has 1 aromatic carbocycles. The fourth-order valence-electron chi connectivity index (χ4n) is 1.95. The standard InChI is InChI=1S/C14H13N5O/c20-14(10-5-8-16-17-9-10)15-7-6-13-18-11-3-1-2-4-12(11)19-13/h1-5,8-9H,6-7H2,(H,15,20)(H,18,19). The van der Waals surface area contributed by atoms with Crippen LogP contribution in [-0.2, 0) is 6.42 Å². The zero-order valence-electron chi connectivity index (χ0n) is 10.7. The second-order valence-electron chi connectivity index (χ2n) is 4.34. The van der Waals surface area contributed by atoms with Crippen molar-refractivity contribution in [1.82, 2.24) is 25.5 Å². The molecule has 0 spiro atoms. The molecule has 20 heavy (non-hydrogen) atoms. The lowest BCUT2D eigenvalue weighted by molar-refractivity contribution is 0.0953. The summed E-state index contributed by atoms with van der Waals surface area (Å²) in [5.41, 5.74) is 2.45. The number of carbonyl (C=O) groups excluding carboxylic acids is 1. The van der Waals surface area contributed by atoms with Gasteiger partial charge in [0.25, 0.3) is 5.91 Å². The number of rotatable bonds is 4. The van der Waals surface area contributed by atoms with Gasteiger partial charge in [0.2, 0.25) is 0 Å². The average molecular weight is 267 g/mol. The molecule has 0 aliphatic heterocycles. The van der Waals surface area contributed by atoms with Crippen molar-refractivity contribution in [3.8, 4) is 0 Å². The lowest BCUT2D eigenvalue weighted by atomic mass is 10.3. The molecule has 6 heteroatoms. The molecule has 6 nitrogen and oxygen atoms in total. The third-order valence-electron chi connectivity index (χ3n) is 2.93. The van der Waals surface area contributed by atoms with E-state index in [1.54, 1.807) is 6.07 Å². The highest BCUT2D eigenvalue weighted by Crippen LogP contribution is 2.10. The quantitative estimate of drug-likeness (QED) is 0.747. The van der Waals surface area contributed by atoms with Gasteiger partial charge in [-0.05, 0) is 18.2 Å². The number of benzene rings is 1. The summed E-state index contributed by atoms with van der Waals surface area (Å²) >= 11 is 0. The Kier molecular flexibility index (Phi) is 3.36. The SMILES string of the molecule is O=C(NCCc1nc2ccccc2[nH]1)c1ccnnc1. The van der Waals surface area contributed by atoms with Crippen LogP contribution < -0.4 is 5.32 Å². The molecule has 3 rings (SSSR count). The summed E-state index contributed by atoms with van der Waals surface area (Å²) in [6, 6.07) is 9.47. The van der Waals surface area contributed by atoms with Crippen molar-refractivity contribution in [2.24, 2.45) is 0 Å². The van der Waals surface area contributed by atoms with E-state index in [1.807, 2.05) is 24.3 Å². The predicted molar refractivity (Wildman–Crippen MR) is 74.2 cm³/mol. The first-order valence-electron chi connectivity index (χ1n) is 6.31. The molecule has 2 aromatic heterocycles. The predicted octanol–water partition coefficient (Wildman–Crippen LogP) is 1.33. The smallest absolute Gasteiger partial charge is 0.252 e. The van der Waals surface area contributed by atoms with E-state index in [0.717, 1.165) is 16.9 Å². The van der Waals surface area contributed by atoms with Crippen LogP contribution in [0.3, 0.4) is 0 Å². The Morgan fingerprint density at radius 1 is 1.20 bits per heavy atom. The van der Waals surface area contributed by atoms with Crippen LogP contribution in [0.5, 0.6) is 0 Å². The molecule has 0 saturated carbocycles. The second-order valence-corrected chi connectivity index (χ2v) is 4.34. The summed E-state index contributed by atoms with van der Waals surface area (Å²) in [4.78, 5) is 19.5. The number of imidazole rings is 1. The Morgan fingerprint density at radius 2 is 2.10 bits per heavy atom. The number of nitrogens with zero attached hydrogens (tertiary/aromatic N) is 3. The Balaban J connectivity index is 1.58. The molecular weight excluding hydrogens is 254 g/mol. The zero-order valence-corrected chi connectivity index (χ0v) is 10.7. The summed E-state index contributed by atoms with van der Waals surface area (Å²) in [7, 11) is 0. The maximum absolute atomic E-state index is 11.8. The maximum Gasteiger partial charge on any atom is 0.252 e. The zero-order chi connectivity index (χ0) is 13.8. The van der Waals surface area contributed by atoms with E-state index in [1.165, 1.54) is 12.4 Å². The van der Waals surface area contributed by atoms with Crippen molar-refractivity contribution >= 4 is 16.9 Å². The molecular formula is C14H13N5O. The fraction of sp³-hybridized carbons (Fsp3) is 0.143. The van der Waals surface area contributed by atoms with Gasteiger partial charge >= 0.3 is 0 Å². The number of fused-ring (bicyclic) bond motifs is 1. The molecule has 1 amide bonds. The van der Waals surface area contributed by atoms with Gasteiger partial charge in [-0.15, -0.1) is 0 Å². The van der Waals surface area contributed by atoms with Crippen LogP contribution in [0, 0.1) is 0 Å². The molecule has 0 atom stereocenters. The third kappa shape index (κ3) is 2.64. The minimum Gasteiger partial charge on any atom is -0.352 e. The van der Waals surface area contributed by atoms with Crippen molar-refractivity contribution in [3.05, 3.63) is 54.1 Å². The normalized spacial score (nSPS) is 10.6. The van der Waals surface area contributed by atoms with Crippen LogP contribution in [0.1, 0.15) is 16.2 Å². The summed E-state index contributed by atoms with van der Waals surface area (Å²) in [6.07, 6.45) is 3.59. The van der Waals surface area contributed by atoms with E-state index in [0.29, 0.717) is 18.5 Å². The van der Waals surface area contributed by atoms with Crippen molar-refractivity contribution in [2.75, 3.05) is 6.54 Å². The van der Waals surface area contributed by atoms with Crippen LogP contribution in [0.4, 0.5) is 0 Å². The van der Waals surface area contributed by atoms with E-state index in [-0.39, 0.29) is 5.91 Å². The van der Waals surface area contributed by atoms with Crippen LogP contribution in [-0.4, -0.2) is 32.6 Å².